The standard InChI is InChI=1S/C19H22N4O3/c1-26-17-9-16(11-20-12-17)22-19(25)21-10-14-4-6-15(7-5-14)13-23-8-2-3-18(23)24/h4-7,9,11-12H,2-3,8,10,13H2,1H3,(H2,21,22,25). The van der Waals surface area contributed by atoms with Crippen LogP contribution in [0.5, 0.6) is 5.75 Å². The van der Waals surface area contributed by atoms with E-state index in [0.717, 1.165) is 24.1 Å². The van der Waals surface area contributed by atoms with Gasteiger partial charge in [-0.3, -0.25) is 9.78 Å². The van der Waals surface area contributed by atoms with Crippen molar-refractivity contribution >= 4 is 17.6 Å². The fourth-order valence-electron chi connectivity index (χ4n) is 2.81. The second-order valence-electron chi connectivity index (χ2n) is 6.16. The number of amides is 3. The van der Waals surface area contributed by atoms with Gasteiger partial charge in [0.1, 0.15) is 5.75 Å². The third-order valence-corrected chi connectivity index (χ3v) is 4.23. The van der Waals surface area contributed by atoms with Crippen LogP contribution in [0.2, 0.25) is 0 Å². The molecule has 0 aliphatic carbocycles. The number of anilines is 1. The Morgan fingerprint density at radius 3 is 2.69 bits per heavy atom. The second kappa shape index (κ2) is 8.33. The molecule has 1 fully saturated rings. The van der Waals surface area contributed by atoms with Gasteiger partial charge in [-0.05, 0) is 17.5 Å². The summed E-state index contributed by atoms with van der Waals surface area (Å²) in [6.45, 7) is 1.89. The fourth-order valence-corrected chi connectivity index (χ4v) is 2.81. The number of rotatable bonds is 6. The summed E-state index contributed by atoms with van der Waals surface area (Å²) in [6, 6.07) is 9.29. The minimum absolute atomic E-state index is 0.222. The van der Waals surface area contributed by atoms with Gasteiger partial charge in [-0.15, -0.1) is 0 Å². The van der Waals surface area contributed by atoms with Crippen molar-refractivity contribution < 1.29 is 14.3 Å². The van der Waals surface area contributed by atoms with E-state index >= 15 is 0 Å². The number of nitrogens with zero attached hydrogens (tertiary/aromatic N) is 2. The number of hydrogen-bond donors (Lipinski definition) is 2. The summed E-state index contributed by atoms with van der Waals surface area (Å²) in [5, 5.41) is 5.52. The number of ether oxygens (including phenoxy) is 1. The highest BCUT2D eigenvalue weighted by Crippen LogP contribution is 2.15. The van der Waals surface area contributed by atoms with Gasteiger partial charge in [0.15, 0.2) is 0 Å². The summed E-state index contributed by atoms with van der Waals surface area (Å²) in [5.74, 6) is 0.800. The lowest BCUT2D eigenvalue weighted by molar-refractivity contribution is -0.128. The lowest BCUT2D eigenvalue weighted by atomic mass is 10.1. The number of methoxy groups -OCH3 is 1. The predicted molar refractivity (Wildman–Crippen MR) is 97.7 cm³/mol. The Bertz CT molecular complexity index is 777. The van der Waals surface area contributed by atoms with E-state index in [0.29, 0.717) is 30.9 Å². The lowest BCUT2D eigenvalue weighted by Gasteiger charge is -2.15. The average molecular weight is 354 g/mol. The smallest absolute Gasteiger partial charge is 0.319 e. The monoisotopic (exact) mass is 354 g/mol. The van der Waals surface area contributed by atoms with Crippen LogP contribution in [-0.4, -0.2) is 35.5 Å². The molecule has 136 valence electrons. The summed E-state index contributed by atoms with van der Waals surface area (Å²) in [7, 11) is 1.55. The molecule has 3 amide bonds. The predicted octanol–water partition coefficient (Wildman–Crippen LogP) is 2.53. The maximum Gasteiger partial charge on any atom is 0.319 e. The highest BCUT2D eigenvalue weighted by molar-refractivity contribution is 5.89. The molecule has 2 N–H and O–H groups in total. The molecule has 7 heteroatoms. The molecule has 2 aromatic rings. The Morgan fingerprint density at radius 2 is 2.00 bits per heavy atom. The van der Waals surface area contributed by atoms with E-state index in [1.165, 1.54) is 0 Å². The lowest BCUT2D eigenvalue weighted by Crippen LogP contribution is -2.28. The molecule has 1 aliphatic heterocycles. The minimum Gasteiger partial charge on any atom is -0.495 e. The van der Waals surface area contributed by atoms with Crippen molar-refractivity contribution in [1.29, 1.82) is 0 Å². The maximum atomic E-state index is 12.0. The first kappa shape index (κ1) is 17.7. The molecule has 0 bridgehead atoms. The van der Waals surface area contributed by atoms with Gasteiger partial charge in [-0.2, -0.15) is 0 Å². The van der Waals surface area contributed by atoms with Crippen molar-refractivity contribution in [1.82, 2.24) is 15.2 Å². The van der Waals surface area contributed by atoms with Crippen LogP contribution in [0.15, 0.2) is 42.7 Å². The number of hydrogen-bond acceptors (Lipinski definition) is 4. The number of aromatic nitrogens is 1. The SMILES string of the molecule is COc1cncc(NC(=O)NCc2ccc(CN3CCCC3=O)cc2)c1. The molecule has 3 rings (SSSR count). The molecule has 0 unspecified atom stereocenters. The molecule has 0 atom stereocenters. The first-order valence-corrected chi connectivity index (χ1v) is 8.53. The molecule has 0 spiro atoms. The Balaban J connectivity index is 1.48. The number of pyridine rings is 1. The zero-order valence-corrected chi connectivity index (χ0v) is 14.7. The van der Waals surface area contributed by atoms with Crippen molar-refractivity contribution in [2.24, 2.45) is 0 Å². The summed E-state index contributed by atoms with van der Waals surface area (Å²) >= 11 is 0. The first-order chi connectivity index (χ1) is 12.6. The van der Waals surface area contributed by atoms with E-state index < -0.39 is 0 Å². The van der Waals surface area contributed by atoms with Crippen LogP contribution in [0.25, 0.3) is 0 Å². The van der Waals surface area contributed by atoms with E-state index in [4.69, 9.17) is 4.74 Å². The molecule has 26 heavy (non-hydrogen) atoms. The van der Waals surface area contributed by atoms with Gasteiger partial charge in [-0.1, -0.05) is 24.3 Å². The minimum atomic E-state index is -0.313. The van der Waals surface area contributed by atoms with Gasteiger partial charge >= 0.3 is 6.03 Å². The summed E-state index contributed by atoms with van der Waals surface area (Å²) in [6.07, 6.45) is 4.72. The Labute approximate surface area is 152 Å². The third-order valence-electron chi connectivity index (χ3n) is 4.23. The van der Waals surface area contributed by atoms with E-state index in [2.05, 4.69) is 15.6 Å². The Hall–Kier alpha value is -3.09. The second-order valence-corrected chi connectivity index (χ2v) is 6.16. The van der Waals surface area contributed by atoms with Gasteiger partial charge in [-0.25, -0.2) is 4.79 Å². The number of carbonyl (C=O) groups is 2. The van der Waals surface area contributed by atoms with Crippen LogP contribution in [0.3, 0.4) is 0 Å². The Morgan fingerprint density at radius 1 is 1.23 bits per heavy atom. The normalized spacial score (nSPS) is 13.6. The molecular formula is C19H22N4O3. The number of benzene rings is 1. The number of likely N-dealkylation sites (tertiary alicyclic amines) is 1. The van der Waals surface area contributed by atoms with Crippen LogP contribution in [0.4, 0.5) is 10.5 Å². The average Bonchev–Trinajstić information content (AvgIpc) is 3.06. The molecule has 7 nitrogen and oxygen atoms in total. The van der Waals surface area contributed by atoms with Crippen molar-refractivity contribution in [3.05, 3.63) is 53.9 Å². The molecule has 1 aliphatic rings. The van der Waals surface area contributed by atoms with E-state index in [-0.39, 0.29) is 11.9 Å². The Kier molecular flexibility index (Phi) is 5.68. The van der Waals surface area contributed by atoms with Crippen LogP contribution in [0, 0.1) is 0 Å². The summed E-state index contributed by atoms with van der Waals surface area (Å²) in [4.78, 5) is 29.5. The number of nitrogens with one attached hydrogen (secondary N) is 2. The molecule has 1 saturated heterocycles. The number of carbonyl (C=O) groups excluding carboxylic acids is 2. The largest absolute Gasteiger partial charge is 0.495 e. The molecular weight excluding hydrogens is 332 g/mol. The molecule has 1 aromatic carbocycles. The van der Waals surface area contributed by atoms with Crippen molar-refractivity contribution in [3.8, 4) is 5.75 Å². The topological polar surface area (TPSA) is 83.6 Å². The van der Waals surface area contributed by atoms with Crippen molar-refractivity contribution in [2.75, 3.05) is 19.0 Å². The van der Waals surface area contributed by atoms with E-state index in [1.54, 1.807) is 25.6 Å². The highest BCUT2D eigenvalue weighted by Gasteiger charge is 2.19. The zero-order valence-electron chi connectivity index (χ0n) is 14.7. The van der Waals surface area contributed by atoms with Gasteiger partial charge in [0, 0.05) is 32.1 Å². The number of urea groups is 1. The zero-order chi connectivity index (χ0) is 18.4. The van der Waals surface area contributed by atoms with Crippen LogP contribution in [0.1, 0.15) is 24.0 Å². The van der Waals surface area contributed by atoms with Gasteiger partial charge in [0.05, 0.1) is 25.2 Å². The summed E-state index contributed by atoms with van der Waals surface area (Å²) < 4.78 is 5.07. The van der Waals surface area contributed by atoms with Crippen LogP contribution >= 0.6 is 0 Å². The maximum absolute atomic E-state index is 12.0. The van der Waals surface area contributed by atoms with Crippen molar-refractivity contribution in [2.45, 2.75) is 25.9 Å². The summed E-state index contributed by atoms with van der Waals surface area (Å²) in [5.41, 5.74) is 2.64. The van der Waals surface area contributed by atoms with Gasteiger partial charge in [0.25, 0.3) is 0 Å². The quantitative estimate of drug-likeness (QED) is 0.835. The van der Waals surface area contributed by atoms with Crippen LogP contribution in [-0.2, 0) is 17.9 Å². The first-order valence-electron chi connectivity index (χ1n) is 8.53. The molecule has 2 heterocycles. The molecule has 0 radical (unpaired) electrons. The van der Waals surface area contributed by atoms with E-state index in [9.17, 15) is 9.59 Å². The van der Waals surface area contributed by atoms with Crippen molar-refractivity contribution in [3.63, 3.8) is 0 Å². The van der Waals surface area contributed by atoms with Gasteiger partial charge in [0.2, 0.25) is 5.91 Å². The third kappa shape index (κ3) is 4.72. The van der Waals surface area contributed by atoms with Gasteiger partial charge < -0.3 is 20.3 Å². The van der Waals surface area contributed by atoms with E-state index in [1.807, 2.05) is 29.2 Å². The highest BCUT2D eigenvalue weighted by atomic mass is 16.5. The fraction of sp³-hybridized carbons (Fsp3) is 0.316. The van der Waals surface area contributed by atoms with Crippen LogP contribution < -0.4 is 15.4 Å². The molecule has 1 aromatic heterocycles. The molecule has 0 saturated carbocycles.